The Bertz CT molecular complexity index is 2510. The Morgan fingerprint density at radius 2 is 0.573 bits per heavy atom. The minimum atomic E-state index is -4.65. The van der Waals surface area contributed by atoms with E-state index in [1.165, 1.54) is 0 Å². The van der Waals surface area contributed by atoms with Crippen LogP contribution in [-0.4, -0.2) is 70.6 Å². The summed E-state index contributed by atoms with van der Waals surface area (Å²) in [5.74, 6) is 4.07. The molecule has 0 aliphatic rings. The molecule has 0 aliphatic heterocycles. The third-order valence-electron chi connectivity index (χ3n) is 10.2. The Kier molecular flexibility index (Phi) is 37.4. The standard InChI is InChI=1S/3C16H19O6PS.3K/c3*17-23(18,19)16(24(20)21)11-5-7-13-6-4-10-15(12-13)22-14-8-2-1-3-9-14;;;/h3*1-4,6,8-10,12,16H,5,7,11H2,(H,20,21)(H2,17,18,19);;;/q;;;3*+1/p-3. The number of ether oxygens (including phenoxy) is 3. The summed E-state index contributed by atoms with van der Waals surface area (Å²) in [4.78, 5) is 49.4. The van der Waals surface area contributed by atoms with Gasteiger partial charge >= 0.3 is 177 Å². The number of para-hydroxylation sites is 3. The first kappa shape index (κ1) is 73.4. The van der Waals surface area contributed by atoms with E-state index >= 15 is 0 Å². The fraction of sp³-hybridized carbons (Fsp3) is 0.250. The van der Waals surface area contributed by atoms with Gasteiger partial charge in [0.05, 0.1) is 0 Å². The molecular weight excluding hydrogens is 1170 g/mol. The second kappa shape index (κ2) is 38.2. The summed E-state index contributed by atoms with van der Waals surface area (Å²) in [7, 11) is -13.9. The van der Waals surface area contributed by atoms with Gasteiger partial charge in [0.1, 0.15) is 49.5 Å². The Balaban J connectivity index is 0.000000551. The maximum Gasteiger partial charge on any atom is 1.00 e. The van der Waals surface area contributed by atoms with E-state index in [1.54, 1.807) is 0 Å². The van der Waals surface area contributed by atoms with Crippen LogP contribution >= 0.6 is 22.8 Å². The molecule has 0 amide bonds. The quantitative estimate of drug-likeness (QED) is 0.0274. The van der Waals surface area contributed by atoms with Gasteiger partial charge in [0.25, 0.3) is 0 Å². The molecular formula is C48H54K3O18P3S3. The van der Waals surface area contributed by atoms with Crippen LogP contribution in [0.1, 0.15) is 55.2 Å². The van der Waals surface area contributed by atoms with Crippen molar-refractivity contribution in [2.45, 2.75) is 72.8 Å². The molecule has 6 rings (SSSR count). The van der Waals surface area contributed by atoms with Gasteiger partial charge in [0.15, 0.2) is 0 Å². The Morgan fingerprint density at radius 1 is 0.360 bits per heavy atom. The molecule has 0 bridgehead atoms. The molecule has 0 radical (unpaired) electrons. The van der Waals surface area contributed by atoms with Crippen LogP contribution in [0, 0.1) is 0 Å². The van der Waals surface area contributed by atoms with E-state index in [0.29, 0.717) is 73.0 Å². The van der Waals surface area contributed by atoms with Crippen molar-refractivity contribution in [2.24, 2.45) is 0 Å². The minimum Gasteiger partial charge on any atom is -0.772 e. The van der Waals surface area contributed by atoms with Crippen LogP contribution in [0.4, 0.5) is 0 Å². The molecule has 390 valence electrons. The molecule has 6 unspecified atom stereocenters. The van der Waals surface area contributed by atoms with Gasteiger partial charge in [0.2, 0.25) is 0 Å². The van der Waals surface area contributed by atoms with Crippen molar-refractivity contribution < 1.29 is 238 Å². The van der Waals surface area contributed by atoms with Crippen molar-refractivity contribution in [2.75, 3.05) is 0 Å². The molecule has 6 N–H and O–H groups in total. The van der Waals surface area contributed by atoms with E-state index in [0.717, 1.165) is 16.7 Å². The van der Waals surface area contributed by atoms with Gasteiger partial charge in [-0.05, 0) is 181 Å². The van der Waals surface area contributed by atoms with E-state index < -0.39 is 71.0 Å². The molecule has 0 saturated heterocycles. The minimum absolute atomic E-state index is 0. The molecule has 0 aliphatic carbocycles. The summed E-state index contributed by atoms with van der Waals surface area (Å²) in [5, 5.41) is 0. The van der Waals surface area contributed by atoms with E-state index in [1.807, 2.05) is 164 Å². The van der Waals surface area contributed by atoms with Crippen LogP contribution in [0.15, 0.2) is 164 Å². The van der Waals surface area contributed by atoms with Gasteiger partial charge in [-0.3, -0.25) is 26.3 Å². The summed E-state index contributed by atoms with van der Waals surface area (Å²) >= 11 is -8.40. The molecule has 6 aromatic carbocycles. The predicted octanol–water partition coefficient (Wildman–Crippen LogP) is 0.566. The fourth-order valence-corrected chi connectivity index (χ4v) is 12.1. The van der Waals surface area contributed by atoms with Crippen molar-refractivity contribution in [1.82, 2.24) is 0 Å². The average Bonchev–Trinajstić information content (AvgIpc) is 3.31. The first-order chi connectivity index (χ1) is 34.1. The number of hydrogen-bond donors (Lipinski definition) is 6. The number of benzene rings is 6. The van der Waals surface area contributed by atoms with Crippen LogP contribution in [0.5, 0.6) is 34.5 Å². The molecule has 27 heteroatoms. The van der Waals surface area contributed by atoms with Crippen LogP contribution in [0.2, 0.25) is 0 Å². The molecule has 0 saturated carbocycles. The molecule has 0 aromatic heterocycles. The maximum atomic E-state index is 11.2. The zero-order valence-corrected chi connectivity index (χ0v) is 55.8. The number of hydrogen-bond acceptors (Lipinski definition) is 12. The summed E-state index contributed by atoms with van der Waals surface area (Å²) in [6.45, 7) is 0. The van der Waals surface area contributed by atoms with Crippen molar-refractivity contribution in [3.63, 3.8) is 0 Å². The van der Waals surface area contributed by atoms with E-state index in [9.17, 15) is 40.0 Å². The van der Waals surface area contributed by atoms with Crippen LogP contribution in [0.25, 0.3) is 0 Å². The van der Waals surface area contributed by atoms with Gasteiger partial charge in [-0.1, -0.05) is 91.0 Å². The van der Waals surface area contributed by atoms with Gasteiger partial charge < -0.3 is 57.2 Å². The largest absolute Gasteiger partial charge is 1.00 e. The van der Waals surface area contributed by atoms with E-state index in [4.69, 9.17) is 43.6 Å². The smallest absolute Gasteiger partial charge is 0.772 e. The zero-order chi connectivity index (χ0) is 52.7. The third-order valence-corrected chi connectivity index (χ3v) is 19.3. The molecule has 18 nitrogen and oxygen atoms in total. The number of aryl methyl sites for hydroxylation is 3. The topological polar surface area (TPSA) is 321 Å². The predicted molar refractivity (Wildman–Crippen MR) is 272 cm³/mol. The zero-order valence-electron chi connectivity index (χ0n) is 41.3. The van der Waals surface area contributed by atoms with Crippen LogP contribution in [-0.2, 0) is 66.2 Å². The summed E-state index contributed by atoms with van der Waals surface area (Å²) < 4.78 is 116. The van der Waals surface area contributed by atoms with Crippen LogP contribution in [0.3, 0.4) is 0 Å². The second-order valence-electron chi connectivity index (χ2n) is 15.8. The summed E-state index contributed by atoms with van der Waals surface area (Å²) in [6, 6.07) is 49.8. The first-order valence-corrected chi connectivity index (χ1v) is 30.4. The van der Waals surface area contributed by atoms with E-state index in [-0.39, 0.29) is 173 Å². The van der Waals surface area contributed by atoms with Crippen molar-refractivity contribution in [3.05, 3.63) is 180 Å². The van der Waals surface area contributed by atoms with Crippen molar-refractivity contribution in [1.29, 1.82) is 0 Å². The second-order valence-corrected chi connectivity index (χ2v) is 25.5. The number of rotatable bonds is 24. The summed E-state index contributed by atoms with van der Waals surface area (Å²) in [6.07, 6.45) is 2.26. The van der Waals surface area contributed by atoms with Crippen LogP contribution < -0.4 is 168 Å². The van der Waals surface area contributed by atoms with Gasteiger partial charge in [0, 0.05) is 0 Å². The third kappa shape index (κ3) is 29.8. The van der Waals surface area contributed by atoms with Gasteiger partial charge in [-0.15, -0.1) is 0 Å². The first-order valence-electron chi connectivity index (χ1n) is 21.9. The average molecular weight is 1230 g/mol. The normalized spacial score (nSPS) is 13.6. The van der Waals surface area contributed by atoms with E-state index in [2.05, 4.69) is 0 Å². The Labute approximate surface area is 572 Å². The summed E-state index contributed by atoms with van der Waals surface area (Å²) in [5.41, 5.74) is 2.72. The molecule has 0 spiro atoms. The van der Waals surface area contributed by atoms with Gasteiger partial charge in [-0.2, -0.15) is 0 Å². The van der Waals surface area contributed by atoms with Gasteiger partial charge in [-0.25, -0.2) is 0 Å². The molecule has 0 heterocycles. The van der Waals surface area contributed by atoms with Crippen molar-refractivity contribution in [3.8, 4) is 34.5 Å². The molecule has 6 atom stereocenters. The Morgan fingerprint density at radius 3 is 0.773 bits per heavy atom. The molecule has 0 fully saturated rings. The maximum absolute atomic E-state index is 11.2. The van der Waals surface area contributed by atoms with Crippen molar-refractivity contribution >= 4 is 56.0 Å². The fourth-order valence-electron chi connectivity index (χ4n) is 6.74. The SMILES string of the molecule is O=S([O-])C(CCCc1cccc(Oc2ccccc2)c1)P(=O)(O)O.O=S([O-])C(CCCc1cccc(Oc2ccccc2)c1)P(=O)(O)O.O=S([O-])C(CCCc1cccc(Oc2ccccc2)c1)P(=O)(O)O.[K+].[K+].[K+]. The molecule has 75 heavy (non-hydrogen) atoms. The monoisotopic (exact) mass is 1220 g/mol. The molecule has 6 aromatic rings. The Hall–Kier alpha value is 0.409.